The van der Waals surface area contributed by atoms with E-state index in [1.54, 1.807) is 11.3 Å². The minimum atomic E-state index is 0.248. The van der Waals surface area contributed by atoms with Crippen molar-refractivity contribution in [1.29, 1.82) is 0 Å². The van der Waals surface area contributed by atoms with E-state index in [0.29, 0.717) is 6.04 Å². The molecule has 1 N–H and O–H groups in total. The molecule has 0 amide bonds. The molecule has 1 atom stereocenters. The van der Waals surface area contributed by atoms with Gasteiger partial charge in [0.05, 0.1) is 0 Å². The van der Waals surface area contributed by atoms with Crippen molar-refractivity contribution in [2.45, 2.75) is 51.6 Å². The van der Waals surface area contributed by atoms with Gasteiger partial charge in [-0.1, -0.05) is 20.8 Å². The van der Waals surface area contributed by atoms with Crippen molar-refractivity contribution in [3.8, 4) is 0 Å². The van der Waals surface area contributed by atoms with Gasteiger partial charge in [0.25, 0.3) is 0 Å². The highest BCUT2D eigenvalue weighted by Crippen LogP contribution is 2.28. The van der Waals surface area contributed by atoms with Crippen LogP contribution in [0.1, 0.15) is 39.2 Å². The molecule has 18 heavy (non-hydrogen) atoms. The van der Waals surface area contributed by atoms with E-state index in [-0.39, 0.29) is 5.54 Å². The molecule has 0 aliphatic heterocycles. The molecule has 1 heterocycles. The van der Waals surface area contributed by atoms with Crippen LogP contribution in [0, 0.1) is 0 Å². The second-order valence-corrected chi connectivity index (χ2v) is 5.93. The third-order valence-electron chi connectivity index (χ3n) is 4.23. The monoisotopic (exact) mass is 268 g/mol. The molecule has 104 valence electrons. The molecule has 1 unspecified atom stereocenters. The lowest BCUT2D eigenvalue weighted by molar-refractivity contribution is 0.0889. The van der Waals surface area contributed by atoms with Crippen molar-refractivity contribution in [3.63, 3.8) is 0 Å². The average molecular weight is 268 g/mol. The SMILES string of the molecule is CCNC(Cc1ccsc1)C(CC)(CC)N(C)C. The predicted octanol–water partition coefficient (Wildman–Crippen LogP) is 3.39. The number of likely N-dealkylation sites (N-methyl/N-ethyl adjacent to an activating group) is 2. The van der Waals surface area contributed by atoms with Crippen molar-refractivity contribution in [2.24, 2.45) is 0 Å². The summed E-state index contributed by atoms with van der Waals surface area (Å²) in [5.74, 6) is 0. The van der Waals surface area contributed by atoms with Crippen LogP contribution in [0.2, 0.25) is 0 Å². The molecule has 2 nitrogen and oxygen atoms in total. The fourth-order valence-corrected chi connectivity index (χ4v) is 3.71. The number of nitrogens with one attached hydrogen (secondary N) is 1. The van der Waals surface area contributed by atoms with Crippen LogP contribution in [0.3, 0.4) is 0 Å². The zero-order valence-corrected chi connectivity index (χ0v) is 13.3. The van der Waals surface area contributed by atoms with Crippen molar-refractivity contribution in [2.75, 3.05) is 20.6 Å². The van der Waals surface area contributed by atoms with E-state index in [1.807, 2.05) is 0 Å². The fourth-order valence-electron chi connectivity index (χ4n) is 3.03. The van der Waals surface area contributed by atoms with E-state index in [4.69, 9.17) is 0 Å². The van der Waals surface area contributed by atoms with Crippen LogP contribution in [-0.2, 0) is 6.42 Å². The summed E-state index contributed by atoms with van der Waals surface area (Å²) in [6, 6.07) is 2.77. The Bertz CT molecular complexity index is 315. The molecule has 0 aliphatic carbocycles. The first-order chi connectivity index (χ1) is 8.60. The van der Waals surface area contributed by atoms with E-state index in [0.717, 1.165) is 13.0 Å². The molecule has 3 heteroatoms. The Labute approximate surface area is 116 Å². The third-order valence-corrected chi connectivity index (χ3v) is 4.97. The lowest BCUT2D eigenvalue weighted by Gasteiger charge is -2.45. The van der Waals surface area contributed by atoms with Crippen LogP contribution in [-0.4, -0.2) is 37.1 Å². The van der Waals surface area contributed by atoms with Crippen molar-refractivity contribution >= 4 is 11.3 Å². The van der Waals surface area contributed by atoms with Crippen LogP contribution >= 0.6 is 11.3 Å². The molecule has 1 rings (SSSR count). The molecule has 0 aromatic carbocycles. The first kappa shape index (κ1) is 15.7. The Hall–Kier alpha value is -0.380. The van der Waals surface area contributed by atoms with Crippen molar-refractivity contribution in [1.82, 2.24) is 10.2 Å². The predicted molar refractivity (Wildman–Crippen MR) is 82.5 cm³/mol. The van der Waals surface area contributed by atoms with E-state index >= 15 is 0 Å². The van der Waals surface area contributed by atoms with Crippen LogP contribution in [0.25, 0.3) is 0 Å². The first-order valence-corrected chi connectivity index (χ1v) is 7.96. The van der Waals surface area contributed by atoms with Gasteiger partial charge in [0.1, 0.15) is 0 Å². The molecule has 1 aromatic rings. The molecule has 0 radical (unpaired) electrons. The Morgan fingerprint density at radius 3 is 2.33 bits per heavy atom. The molecular formula is C15H28N2S. The summed E-state index contributed by atoms with van der Waals surface area (Å²) in [5, 5.41) is 8.16. The van der Waals surface area contributed by atoms with Crippen LogP contribution < -0.4 is 5.32 Å². The average Bonchev–Trinajstić information content (AvgIpc) is 2.84. The highest BCUT2D eigenvalue weighted by atomic mass is 32.1. The second-order valence-electron chi connectivity index (χ2n) is 5.15. The zero-order valence-electron chi connectivity index (χ0n) is 12.5. The van der Waals surface area contributed by atoms with Gasteiger partial charge in [-0.2, -0.15) is 11.3 Å². The van der Waals surface area contributed by atoms with Crippen LogP contribution in [0.4, 0.5) is 0 Å². The van der Waals surface area contributed by atoms with Gasteiger partial charge in [0.15, 0.2) is 0 Å². The van der Waals surface area contributed by atoms with Gasteiger partial charge in [-0.15, -0.1) is 0 Å². The lowest BCUT2D eigenvalue weighted by Crippen LogP contribution is -2.59. The van der Waals surface area contributed by atoms with Crippen molar-refractivity contribution in [3.05, 3.63) is 22.4 Å². The molecule has 0 aliphatic rings. The minimum absolute atomic E-state index is 0.248. The first-order valence-electron chi connectivity index (χ1n) is 7.02. The molecule has 0 fully saturated rings. The lowest BCUT2D eigenvalue weighted by atomic mass is 9.80. The summed E-state index contributed by atoms with van der Waals surface area (Å²) in [6.45, 7) is 7.85. The summed E-state index contributed by atoms with van der Waals surface area (Å²) < 4.78 is 0. The van der Waals surface area contributed by atoms with Gasteiger partial charge in [-0.25, -0.2) is 0 Å². The van der Waals surface area contributed by atoms with Crippen LogP contribution in [0.5, 0.6) is 0 Å². The van der Waals surface area contributed by atoms with Gasteiger partial charge in [-0.05, 0) is 62.3 Å². The molecule has 0 bridgehead atoms. The molecule has 0 saturated carbocycles. The maximum absolute atomic E-state index is 3.71. The number of hydrogen-bond donors (Lipinski definition) is 1. The molecule has 0 spiro atoms. The smallest absolute Gasteiger partial charge is 0.0354 e. The quantitative estimate of drug-likeness (QED) is 0.777. The minimum Gasteiger partial charge on any atom is -0.312 e. The van der Waals surface area contributed by atoms with Gasteiger partial charge in [0.2, 0.25) is 0 Å². The summed E-state index contributed by atoms with van der Waals surface area (Å²) in [7, 11) is 4.43. The summed E-state index contributed by atoms with van der Waals surface area (Å²) in [6.07, 6.45) is 3.48. The zero-order chi connectivity index (χ0) is 13.6. The standard InChI is InChI=1S/C15H28N2S/c1-6-15(7-2,17(4)5)14(16-8-3)11-13-9-10-18-12-13/h9-10,12,14,16H,6-8,11H2,1-5H3. The molecular weight excluding hydrogens is 240 g/mol. The number of rotatable bonds is 8. The van der Waals surface area contributed by atoms with E-state index in [9.17, 15) is 0 Å². The number of nitrogens with zero attached hydrogens (tertiary/aromatic N) is 1. The summed E-state index contributed by atoms with van der Waals surface area (Å²) >= 11 is 1.79. The van der Waals surface area contributed by atoms with Gasteiger partial charge < -0.3 is 10.2 Å². The maximum Gasteiger partial charge on any atom is 0.0354 e. The maximum atomic E-state index is 3.71. The number of hydrogen-bond acceptors (Lipinski definition) is 3. The molecule has 1 aromatic heterocycles. The third kappa shape index (κ3) is 3.34. The van der Waals surface area contributed by atoms with Crippen LogP contribution in [0.15, 0.2) is 16.8 Å². The topological polar surface area (TPSA) is 15.3 Å². The van der Waals surface area contributed by atoms with E-state index < -0.39 is 0 Å². The Kier molecular flexibility index (Phi) is 6.33. The van der Waals surface area contributed by atoms with E-state index in [2.05, 4.69) is 61.9 Å². The second kappa shape index (κ2) is 7.27. The number of thiophene rings is 1. The Balaban J connectivity index is 2.92. The normalized spacial score (nSPS) is 14.1. The summed E-state index contributed by atoms with van der Waals surface area (Å²) in [4.78, 5) is 2.41. The Morgan fingerprint density at radius 2 is 1.94 bits per heavy atom. The van der Waals surface area contributed by atoms with E-state index in [1.165, 1.54) is 18.4 Å². The Morgan fingerprint density at radius 1 is 1.28 bits per heavy atom. The van der Waals surface area contributed by atoms with Gasteiger partial charge >= 0.3 is 0 Å². The fraction of sp³-hybridized carbons (Fsp3) is 0.733. The van der Waals surface area contributed by atoms with Gasteiger partial charge in [-0.3, -0.25) is 0 Å². The van der Waals surface area contributed by atoms with Gasteiger partial charge in [0, 0.05) is 11.6 Å². The highest BCUT2D eigenvalue weighted by molar-refractivity contribution is 7.07. The largest absolute Gasteiger partial charge is 0.312 e. The van der Waals surface area contributed by atoms with Crippen molar-refractivity contribution < 1.29 is 0 Å². The summed E-state index contributed by atoms with van der Waals surface area (Å²) in [5.41, 5.74) is 1.71. The molecule has 0 saturated heterocycles. The highest BCUT2D eigenvalue weighted by Gasteiger charge is 2.37.